The van der Waals surface area contributed by atoms with Gasteiger partial charge in [0.2, 0.25) is 0 Å². The van der Waals surface area contributed by atoms with E-state index in [-0.39, 0.29) is 18.2 Å². The first-order chi connectivity index (χ1) is 9.02. The maximum Gasteiger partial charge on any atom is 0.161 e. The normalized spacial score (nSPS) is 27.5. The molecule has 0 amide bonds. The van der Waals surface area contributed by atoms with Gasteiger partial charge in [0.25, 0.3) is 0 Å². The molecule has 1 fully saturated rings. The second-order valence-electron chi connectivity index (χ2n) is 5.17. The number of ether oxygens (including phenoxy) is 1. The van der Waals surface area contributed by atoms with Crippen LogP contribution in [0, 0.1) is 17.5 Å². The lowest BCUT2D eigenvalue weighted by Gasteiger charge is -2.39. The Balaban J connectivity index is 2.35. The summed E-state index contributed by atoms with van der Waals surface area (Å²) in [6, 6.07) is 1.55. The van der Waals surface area contributed by atoms with Gasteiger partial charge < -0.3 is 10.5 Å². The molecular weight excluding hydrogens is 255 g/mol. The van der Waals surface area contributed by atoms with E-state index in [9.17, 15) is 13.2 Å². The average Bonchev–Trinajstić information content (AvgIpc) is 2.43. The van der Waals surface area contributed by atoms with Crippen LogP contribution in [0.15, 0.2) is 12.1 Å². The second-order valence-corrected chi connectivity index (χ2v) is 5.17. The third-order valence-corrected chi connectivity index (χ3v) is 4.20. The summed E-state index contributed by atoms with van der Waals surface area (Å²) in [6.07, 6.45) is 2.85. The lowest BCUT2D eigenvalue weighted by Crippen LogP contribution is -2.41. The van der Waals surface area contributed by atoms with Crippen molar-refractivity contribution >= 4 is 0 Å². The van der Waals surface area contributed by atoms with Crippen molar-refractivity contribution in [3.8, 4) is 0 Å². The van der Waals surface area contributed by atoms with Crippen LogP contribution in [0.1, 0.15) is 31.2 Å². The Bertz CT molecular complexity index is 456. The third kappa shape index (κ3) is 2.62. The Morgan fingerprint density at radius 3 is 2.26 bits per heavy atom. The minimum absolute atomic E-state index is 0.132. The molecular formula is C14H18F3NO. The van der Waals surface area contributed by atoms with E-state index in [2.05, 4.69) is 0 Å². The van der Waals surface area contributed by atoms with E-state index in [0.717, 1.165) is 18.9 Å². The molecule has 0 spiro atoms. The molecule has 0 saturated heterocycles. The second kappa shape index (κ2) is 5.51. The molecule has 0 heterocycles. The molecule has 2 N–H and O–H groups in total. The predicted octanol–water partition coefficient (Wildman–Crippen LogP) is 2.89. The van der Waals surface area contributed by atoms with Crippen molar-refractivity contribution in [1.29, 1.82) is 0 Å². The van der Waals surface area contributed by atoms with Gasteiger partial charge in [-0.15, -0.1) is 0 Å². The molecule has 0 bridgehead atoms. The van der Waals surface area contributed by atoms with E-state index < -0.39 is 22.9 Å². The molecule has 1 aliphatic rings. The predicted molar refractivity (Wildman–Crippen MR) is 66.3 cm³/mol. The Morgan fingerprint density at radius 1 is 1.16 bits per heavy atom. The molecule has 0 aromatic heterocycles. The zero-order valence-corrected chi connectivity index (χ0v) is 10.9. The fraction of sp³-hybridized carbons (Fsp3) is 0.571. The summed E-state index contributed by atoms with van der Waals surface area (Å²) in [5.41, 5.74) is 5.36. The smallest absolute Gasteiger partial charge is 0.161 e. The summed E-state index contributed by atoms with van der Waals surface area (Å²) >= 11 is 0. The molecule has 2 rings (SSSR count). The molecule has 1 aromatic rings. The van der Waals surface area contributed by atoms with Crippen LogP contribution in [0.25, 0.3) is 0 Å². The number of benzene rings is 1. The molecule has 1 saturated carbocycles. The Morgan fingerprint density at radius 2 is 1.74 bits per heavy atom. The van der Waals surface area contributed by atoms with Crippen molar-refractivity contribution in [3.63, 3.8) is 0 Å². The SMILES string of the molecule is CO[C@H]1CC[C@](CN)(c2cc(F)c(F)cc2F)CC1. The van der Waals surface area contributed by atoms with Gasteiger partial charge in [-0.05, 0) is 37.3 Å². The van der Waals surface area contributed by atoms with Crippen molar-refractivity contribution in [2.45, 2.75) is 37.2 Å². The molecule has 0 aliphatic heterocycles. The van der Waals surface area contributed by atoms with Crippen LogP contribution in [0.4, 0.5) is 13.2 Å². The highest BCUT2D eigenvalue weighted by atomic mass is 19.2. The van der Waals surface area contributed by atoms with Crippen molar-refractivity contribution in [2.75, 3.05) is 13.7 Å². The Hall–Kier alpha value is -1.07. The fourth-order valence-corrected chi connectivity index (χ4v) is 2.89. The molecule has 106 valence electrons. The monoisotopic (exact) mass is 273 g/mol. The minimum Gasteiger partial charge on any atom is -0.381 e. The molecule has 0 atom stereocenters. The van der Waals surface area contributed by atoms with Crippen molar-refractivity contribution in [2.24, 2.45) is 5.73 Å². The maximum atomic E-state index is 13.9. The first-order valence-electron chi connectivity index (χ1n) is 6.40. The highest BCUT2D eigenvalue weighted by Gasteiger charge is 2.38. The first kappa shape index (κ1) is 14.3. The van der Waals surface area contributed by atoms with E-state index >= 15 is 0 Å². The molecule has 0 unspecified atom stereocenters. The van der Waals surface area contributed by atoms with Gasteiger partial charge in [0, 0.05) is 25.1 Å². The molecule has 0 radical (unpaired) electrons. The number of hydrogen-bond donors (Lipinski definition) is 1. The summed E-state index contributed by atoms with van der Waals surface area (Å²) in [6.45, 7) is 0.214. The van der Waals surface area contributed by atoms with Crippen LogP contribution in [0.2, 0.25) is 0 Å². The highest BCUT2D eigenvalue weighted by Crippen LogP contribution is 2.41. The van der Waals surface area contributed by atoms with E-state index in [0.29, 0.717) is 18.9 Å². The number of halogens is 3. The van der Waals surface area contributed by atoms with Gasteiger partial charge in [0.05, 0.1) is 6.10 Å². The van der Waals surface area contributed by atoms with Crippen molar-refractivity contribution in [3.05, 3.63) is 35.1 Å². The van der Waals surface area contributed by atoms with Crippen LogP contribution in [0.5, 0.6) is 0 Å². The summed E-state index contributed by atoms with van der Waals surface area (Å²) in [5.74, 6) is -2.92. The van der Waals surface area contributed by atoms with E-state index in [4.69, 9.17) is 10.5 Å². The molecule has 2 nitrogen and oxygen atoms in total. The topological polar surface area (TPSA) is 35.2 Å². The van der Waals surface area contributed by atoms with Crippen LogP contribution in [-0.2, 0) is 10.2 Å². The van der Waals surface area contributed by atoms with E-state index in [1.54, 1.807) is 7.11 Å². The molecule has 19 heavy (non-hydrogen) atoms. The van der Waals surface area contributed by atoms with Crippen molar-refractivity contribution < 1.29 is 17.9 Å². The largest absolute Gasteiger partial charge is 0.381 e. The van der Waals surface area contributed by atoms with Gasteiger partial charge in [-0.25, -0.2) is 13.2 Å². The summed E-state index contributed by atoms with van der Waals surface area (Å²) < 4.78 is 45.6. The summed E-state index contributed by atoms with van der Waals surface area (Å²) in [4.78, 5) is 0. The minimum atomic E-state index is -1.17. The number of methoxy groups -OCH3 is 1. The van der Waals surface area contributed by atoms with E-state index in [1.807, 2.05) is 0 Å². The van der Waals surface area contributed by atoms with Crippen LogP contribution < -0.4 is 5.73 Å². The zero-order chi connectivity index (χ0) is 14.0. The van der Waals surface area contributed by atoms with Gasteiger partial charge >= 0.3 is 0 Å². The van der Waals surface area contributed by atoms with E-state index in [1.165, 1.54) is 0 Å². The third-order valence-electron chi connectivity index (χ3n) is 4.20. The van der Waals surface area contributed by atoms with Crippen LogP contribution in [0.3, 0.4) is 0 Å². The van der Waals surface area contributed by atoms with Crippen molar-refractivity contribution in [1.82, 2.24) is 0 Å². The van der Waals surface area contributed by atoms with Crippen LogP contribution >= 0.6 is 0 Å². The summed E-state index contributed by atoms with van der Waals surface area (Å²) in [7, 11) is 1.64. The lowest BCUT2D eigenvalue weighted by molar-refractivity contribution is 0.0490. The lowest BCUT2D eigenvalue weighted by atomic mass is 9.68. The number of rotatable bonds is 3. The molecule has 5 heteroatoms. The Labute approximate surface area is 110 Å². The standard InChI is InChI=1S/C14H18F3NO/c1-19-9-2-4-14(8-18,5-3-9)10-6-12(16)13(17)7-11(10)15/h6-7,9H,2-5,8,18H2,1H3/t9-,14-. The van der Waals surface area contributed by atoms with Gasteiger partial charge in [0.15, 0.2) is 11.6 Å². The zero-order valence-electron chi connectivity index (χ0n) is 10.9. The van der Waals surface area contributed by atoms with Gasteiger partial charge in [-0.3, -0.25) is 0 Å². The Kier molecular flexibility index (Phi) is 4.16. The quantitative estimate of drug-likeness (QED) is 0.859. The summed E-state index contributed by atoms with van der Waals surface area (Å²) in [5, 5.41) is 0. The van der Waals surface area contributed by atoms with Gasteiger partial charge in [0.1, 0.15) is 5.82 Å². The fourth-order valence-electron chi connectivity index (χ4n) is 2.89. The molecule has 1 aliphatic carbocycles. The van der Waals surface area contributed by atoms with Crippen LogP contribution in [-0.4, -0.2) is 19.8 Å². The number of nitrogens with two attached hydrogens (primary N) is 1. The average molecular weight is 273 g/mol. The first-order valence-corrected chi connectivity index (χ1v) is 6.40. The molecule has 1 aromatic carbocycles. The maximum absolute atomic E-state index is 13.9. The number of hydrogen-bond acceptors (Lipinski definition) is 2. The van der Waals surface area contributed by atoms with Gasteiger partial charge in [-0.1, -0.05) is 0 Å². The highest BCUT2D eigenvalue weighted by molar-refractivity contribution is 5.30. The van der Waals surface area contributed by atoms with Gasteiger partial charge in [-0.2, -0.15) is 0 Å².